The molecule has 1 aromatic rings. The fourth-order valence-corrected chi connectivity index (χ4v) is 2.33. The van der Waals surface area contributed by atoms with Gasteiger partial charge in [-0.2, -0.15) is 0 Å². The summed E-state index contributed by atoms with van der Waals surface area (Å²) in [5, 5.41) is 33.2. The van der Waals surface area contributed by atoms with Gasteiger partial charge in [0.1, 0.15) is 6.10 Å². The first-order valence-corrected chi connectivity index (χ1v) is 7.56. The maximum atomic E-state index is 11.4. The Bertz CT molecular complexity index is 601. The monoisotopic (exact) mass is 304 g/mol. The Morgan fingerprint density at radius 3 is 2.45 bits per heavy atom. The second-order valence-electron chi connectivity index (χ2n) is 4.32. The van der Waals surface area contributed by atoms with E-state index in [2.05, 4.69) is 5.32 Å². The number of nitro benzene ring substituents is 1. The predicted octanol–water partition coefficient (Wildman–Crippen LogP) is -0.388. The van der Waals surface area contributed by atoms with E-state index in [-0.39, 0.29) is 17.0 Å². The van der Waals surface area contributed by atoms with Crippen LogP contribution in [0.3, 0.4) is 0 Å². The van der Waals surface area contributed by atoms with Crippen LogP contribution in [0, 0.1) is 10.1 Å². The van der Waals surface area contributed by atoms with Crippen LogP contribution in [0.25, 0.3) is 0 Å². The van der Waals surface area contributed by atoms with Gasteiger partial charge >= 0.3 is 0 Å². The van der Waals surface area contributed by atoms with Crippen LogP contribution >= 0.6 is 0 Å². The molecule has 0 aliphatic carbocycles. The van der Waals surface area contributed by atoms with Gasteiger partial charge in [-0.25, -0.2) is 8.42 Å². The normalized spacial score (nSPS) is 14.8. The topological polar surface area (TPSA) is 130 Å². The number of nitrogens with one attached hydrogen (secondary N) is 1. The standard InChI is InChI=1S/C11H16N2O6S/c1-12-6-10(14)11(15)8-4-3-7(20(2,18)19)5-9(8)13(16)17/h3-5,10-12,14-15H,6H2,1-2H3. The first kappa shape index (κ1) is 16.5. The van der Waals surface area contributed by atoms with E-state index in [1.54, 1.807) is 7.05 Å². The predicted molar refractivity (Wildman–Crippen MR) is 71.1 cm³/mol. The number of nitrogens with zero attached hydrogens (tertiary/aromatic N) is 1. The molecule has 112 valence electrons. The Kier molecular flexibility index (Phi) is 5.17. The van der Waals surface area contributed by atoms with E-state index in [1.807, 2.05) is 0 Å². The summed E-state index contributed by atoms with van der Waals surface area (Å²) in [4.78, 5) is 9.98. The van der Waals surface area contributed by atoms with E-state index in [0.717, 1.165) is 24.5 Å². The van der Waals surface area contributed by atoms with Crippen molar-refractivity contribution in [1.29, 1.82) is 0 Å². The Labute approximate surface area is 116 Å². The number of rotatable bonds is 6. The molecule has 0 fully saturated rings. The van der Waals surface area contributed by atoms with Crippen LogP contribution in [0.5, 0.6) is 0 Å². The van der Waals surface area contributed by atoms with E-state index in [0.29, 0.717) is 0 Å². The lowest BCUT2D eigenvalue weighted by atomic mass is 10.0. The molecule has 0 aliphatic heterocycles. The zero-order valence-electron chi connectivity index (χ0n) is 11.0. The molecule has 3 N–H and O–H groups in total. The van der Waals surface area contributed by atoms with E-state index >= 15 is 0 Å². The van der Waals surface area contributed by atoms with Gasteiger partial charge in [-0.05, 0) is 19.2 Å². The molecule has 0 saturated heterocycles. The zero-order chi connectivity index (χ0) is 15.5. The number of aliphatic hydroxyl groups excluding tert-OH is 2. The lowest BCUT2D eigenvalue weighted by Gasteiger charge is -2.18. The van der Waals surface area contributed by atoms with Crippen molar-refractivity contribution in [3.63, 3.8) is 0 Å². The molecule has 0 amide bonds. The van der Waals surface area contributed by atoms with Crippen LogP contribution in [0.2, 0.25) is 0 Å². The summed E-state index contributed by atoms with van der Waals surface area (Å²) in [6.07, 6.45) is -1.81. The van der Waals surface area contributed by atoms with E-state index in [1.165, 1.54) is 0 Å². The van der Waals surface area contributed by atoms with E-state index in [9.17, 15) is 28.7 Å². The highest BCUT2D eigenvalue weighted by atomic mass is 32.2. The van der Waals surface area contributed by atoms with Gasteiger partial charge in [0, 0.05) is 18.9 Å². The van der Waals surface area contributed by atoms with Gasteiger partial charge in [0.2, 0.25) is 0 Å². The number of aliphatic hydroxyl groups is 2. The average molecular weight is 304 g/mol. The minimum absolute atomic E-state index is 0.0339. The third kappa shape index (κ3) is 3.73. The van der Waals surface area contributed by atoms with Crippen LogP contribution in [-0.2, 0) is 9.84 Å². The molecule has 1 aromatic carbocycles. The SMILES string of the molecule is CNCC(O)C(O)c1ccc(S(C)(=O)=O)cc1[N+](=O)[O-]. The Morgan fingerprint density at radius 1 is 1.40 bits per heavy atom. The molecule has 1 rings (SSSR count). The molecule has 0 heterocycles. The summed E-state index contributed by atoms with van der Waals surface area (Å²) in [7, 11) is -2.04. The molecule has 0 bridgehead atoms. The smallest absolute Gasteiger partial charge is 0.276 e. The van der Waals surface area contributed by atoms with Gasteiger partial charge in [0.05, 0.1) is 21.5 Å². The second-order valence-corrected chi connectivity index (χ2v) is 6.34. The van der Waals surface area contributed by atoms with Gasteiger partial charge in [-0.3, -0.25) is 10.1 Å². The molecular weight excluding hydrogens is 288 g/mol. The Morgan fingerprint density at radius 2 is 2.00 bits per heavy atom. The molecule has 0 aromatic heterocycles. The third-order valence-corrected chi connectivity index (χ3v) is 3.83. The van der Waals surface area contributed by atoms with Crippen molar-refractivity contribution in [2.24, 2.45) is 0 Å². The van der Waals surface area contributed by atoms with Gasteiger partial charge in [0.15, 0.2) is 9.84 Å². The van der Waals surface area contributed by atoms with Gasteiger partial charge < -0.3 is 15.5 Å². The van der Waals surface area contributed by atoms with E-state index < -0.39 is 32.7 Å². The Balaban J connectivity index is 3.31. The molecule has 0 aliphatic rings. The summed E-state index contributed by atoms with van der Waals surface area (Å²) in [6, 6.07) is 3.17. The minimum Gasteiger partial charge on any atom is -0.389 e. The van der Waals surface area contributed by atoms with Crippen molar-refractivity contribution in [2.45, 2.75) is 17.1 Å². The van der Waals surface area contributed by atoms with Gasteiger partial charge in [-0.15, -0.1) is 0 Å². The highest BCUT2D eigenvalue weighted by Gasteiger charge is 2.27. The summed E-state index contributed by atoms with van der Waals surface area (Å²) in [6.45, 7) is 0.0339. The van der Waals surface area contributed by atoms with Crippen molar-refractivity contribution in [3.8, 4) is 0 Å². The summed E-state index contributed by atoms with van der Waals surface area (Å²) < 4.78 is 22.8. The molecule has 2 unspecified atom stereocenters. The number of hydrogen-bond acceptors (Lipinski definition) is 7. The number of sulfone groups is 1. The highest BCUT2D eigenvalue weighted by Crippen LogP contribution is 2.29. The van der Waals surface area contributed by atoms with E-state index in [4.69, 9.17) is 0 Å². The largest absolute Gasteiger partial charge is 0.389 e. The summed E-state index contributed by atoms with van der Waals surface area (Å²) in [5.41, 5.74) is -0.680. The third-order valence-electron chi connectivity index (χ3n) is 2.72. The van der Waals surface area contributed by atoms with Crippen LogP contribution in [-0.4, -0.2) is 49.5 Å². The van der Waals surface area contributed by atoms with Crippen molar-refractivity contribution < 1.29 is 23.6 Å². The first-order chi connectivity index (χ1) is 9.18. The second kappa shape index (κ2) is 6.27. The minimum atomic E-state index is -3.59. The molecule has 2 atom stereocenters. The molecule has 20 heavy (non-hydrogen) atoms. The van der Waals surface area contributed by atoms with Crippen molar-refractivity contribution in [3.05, 3.63) is 33.9 Å². The van der Waals surface area contributed by atoms with Gasteiger partial charge in [-0.1, -0.05) is 0 Å². The van der Waals surface area contributed by atoms with Crippen molar-refractivity contribution in [2.75, 3.05) is 19.8 Å². The summed E-state index contributed by atoms with van der Waals surface area (Å²) in [5.74, 6) is 0. The van der Waals surface area contributed by atoms with Crippen LogP contribution in [0.4, 0.5) is 5.69 Å². The number of nitro groups is 1. The molecule has 9 heteroatoms. The maximum absolute atomic E-state index is 11.4. The highest BCUT2D eigenvalue weighted by molar-refractivity contribution is 7.90. The number of hydrogen-bond donors (Lipinski definition) is 3. The van der Waals surface area contributed by atoms with Crippen LogP contribution in [0.1, 0.15) is 11.7 Å². The van der Waals surface area contributed by atoms with Crippen molar-refractivity contribution in [1.82, 2.24) is 5.32 Å². The van der Waals surface area contributed by atoms with Gasteiger partial charge in [0.25, 0.3) is 5.69 Å². The number of benzene rings is 1. The zero-order valence-corrected chi connectivity index (χ0v) is 11.8. The summed E-state index contributed by atoms with van der Waals surface area (Å²) >= 11 is 0. The fourth-order valence-electron chi connectivity index (χ4n) is 1.69. The van der Waals surface area contributed by atoms with Crippen molar-refractivity contribution >= 4 is 15.5 Å². The number of likely N-dealkylation sites (N-methyl/N-ethyl adjacent to an activating group) is 1. The molecule has 0 saturated carbocycles. The Hall–Kier alpha value is -1.55. The quantitative estimate of drug-likeness (QED) is 0.482. The van der Waals surface area contributed by atoms with Crippen LogP contribution < -0.4 is 5.32 Å². The van der Waals surface area contributed by atoms with Crippen LogP contribution in [0.15, 0.2) is 23.1 Å². The average Bonchev–Trinajstić information content (AvgIpc) is 2.36. The molecule has 0 radical (unpaired) electrons. The fraction of sp³-hybridized carbons (Fsp3) is 0.455. The maximum Gasteiger partial charge on any atom is 0.276 e. The first-order valence-electron chi connectivity index (χ1n) is 5.67. The molecule has 0 spiro atoms. The lowest BCUT2D eigenvalue weighted by Crippen LogP contribution is -2.30. The lowest BCUT2D eigenvalue weighted by molar-refractivity contribution is -0.386. The molecule has 8 nitrogen and oxygen atoms in total. The molecular formula is C11H16N2O6S.